The molecule has 0 spiro atoms. The Morgan fingerprint density at radius 3 is 1.14 bits per heavy atom. The molecule has 1 N–H and O–H groups in total. The van der Waals surface area contributed by atoms with Crippen molar-refractivity contribution in [2.24, 2.45) is 23.7 Å². The van der Waals surface area contributed by atoms with Crippen LogP contribution >= 0.6 is 23.5 Å². The number of hydrogen-bond acceptors (Lipinski definition) is 24. The fourth-order valence-corrected chi connectivity index (χ4v) is 9.71. The van der Waals surface area contributed by atoms with Crippen LogP contribution in [0.1, 0.15) is 107 Å². The monoisotopic (exact) mass is 1050 g/mol. The number of rotatable bonds is 17. The van der Waals surface area contributed by atoms with Gasteiger partial charge in [-0.3, -0.25) is 62.4 Å². The van der Waals surface area contributed by atoms with Crippen LogP contribution in [0.2, 0.25) is 0 Å². The van der Waals surface area contributed by atoms with E-state index in [1.165, 1.54) is 51.2 Å². The summed E-state index contributed by atoms with van der Waals surface area (Å²) in [5.41, 5.74) is -0.577. The summed E-state index contributed by atoms with van der Waals surface area (Å²) in [6.45, 7) is 13.0. The lowest BCUT2D eigenvalue weighted by Crippen LogP contribution is -2.52. The highest BCUT2D eigenvalue weighted by Crippen LogP contribution is 2.39. The Hall–Kier alpha value is -5.87. The second-order valence-corrected chi connectivity index (χ2v) is 19.0. The summed E-state index contributed by atoms with van der Waals surface area (Å²) in [5, 5.41) is 9.77. The predicted octanol–water partition coefficient (Wildman–Crippen LogP) is 2.16. The molecule has 0 radical (unpaired) electrons. The van der Waals surface area contributed by atoms with E-state index < -0.39 is 102 Å². The van der Waals surface area contributed by atoms with Crippen LogP contribution in [0, 0.1) is 23.7 Å². The topological polar surface area (TPSA) is 335 Å². The number of nitrogens with zero attached hydrogens (tertiary/aromatic N) is 3. The van der Waals surface area contributed by atoms with Gasteiger partial charge >= 0.3 is 42.0 Å². The highest BCUT2D eigenvalue weighted by Gasteiger charge is 2.46. The molecule has 0 bridgehead atoms. The second kappa shape index (κ2) is 28.2. The maximum atomic E-state index is 12.0. The lowest BCUT2D eigenvalue weighted by atomic mass is 9.85. The molecule has 0 aromatic carbocycles. The number of esters is 4. The first-order chi connectivity index (χ1) is 33.3. The molecule has 71 heavy (non-hydrogen) atoms. The van der Waals surface area contributed by atoms with Crippen LogP contribution in [0.3, 0.4) is 0 Å². The van der Waals surface area contributed by atoms with Crippen LogP contribution in [0.15, 0.2) is 0 Å². The normalized spacial score (nSPS) is 27.1. The fourth-order valence-electron chi connectivity index (χ4n) is 7.13. The Balaban J connectivity index is 0.000000291. The van der Waals surface area contributed by atoms with Gasteiger partial charge in [0.2, 0.25) is 0 Å². The van der Waals surface area contributed by atoms with E-state index >= 15 is 0 Å². The van der Waals surface area contributed by atoms with Gasteiger partial charge in [-0.1, -0.05) is 37.8 Å². The molecule has 5 rings (SSSR count). The first-order valence-corrected chi connectivity index (χ1v) is 24.5. The number of hydrogen-bond donors (Lipinski definition) is 1. The van der Waals surface area contributed by atoms with E-state index in [4.69, 9.17) is 38.4 Å². The summed E-state index contributed by atoms with van der Waals surface area (Å²) in [5.74, 6) is -6.38. The highest BCUT2D eigenvalue weighted by molar-refractivity contribution is 8.00. The van der Waals surface area contributed by atoms with Crippen LogP contribution in [-0.2, 0) is 100 Å². The van der Waals surface area contributed by atoms with Crippen LogP contribution in [0.25, 0.3) is 0 Å². The van der Waals surface area contributed by atoms with Gasteiger partial charge in [-0.15, -0.1) is 28.6 Å². The number of aliphatic carboxylic acids is 1. The van der Waals surface area contributed by atoms with Crippen molar-refractivity contribution in [3.8, 4) is 0 Å². The summed E-state index contributed by atoms with van der Waals surface area (Å²) >= 11 is 2.78. The van der Waals surface area contributed by atoms with Crippen LogP contribution in [0.4, 0.5) is 4.79 Å². The van der Waals surface area contributed by atoms with Crippen molar-refractivity contribution >= 4 is 101 Å². The van der Waals surface area contributed by atoms with Crippen LogP contribution in [-0.4, -0.2) is 158 Å². The molecule has 0 aliphatic carbocycles. The molecule has 6 amide bonds. The van der Waals surface area contributed by atoms with Gasteiger partial charge < -0.3 is 38.4 Å². The Labute approximate surface area is 415 Å². The molecule has 5 aliphatic heterocycles. The number of amides is 6. The molecule has 0 aromatic heterocycles. The standard InChI is InChI=1S/C19H27NO9S.C15H24O7S.C9H8N2O7/c1-10-11(2)19(28-14(9-26-12(3)21)18(10)27-13(4)22)30-8-7-17(25)29-20-15(23)5-6-16(20)24;1-8-9(2)15(23-6-5-13(18)19)22-12(7-20-10(3)16)14(8)21-11(4)17;12-5-1-2-6(13)10(5)17-9(16)18-11-7(14)3-4-8(11)15/h10-11,14,18-19H,5-9H2,1-4H3;8-9,12,14-15H,5-7H2,1-4H3,(H,18,19);1-4H2. The average molecular weight is 1050 g/mol. The summed E-state index contributed by atoms with van der Waals surface area (Å²) < 4.78 is 32.8. The van der Waals surface area contributed by atoms with E-state index in [0.29, 0.717) is 16.6 Å². The van der Waals surface area contributed by atoms with E-state index in [9.17, 15) is 62.3 Å². The molecular formula is C43H59N3O23S2. The summed E-state index contributed by atoms with van der Waals surface area (Å²) in [4.78, 5) is 160. The van der Waals surface area contributed by atoms with Crippen molar-refractivity contribution in [3.05, 3.63) is 0 Å². The lowest BCUT2D eigenvalue weighted by molar-refractivity contribution is -0.198. The van der Waals surface area contributed by atoms with Gasteiger partial charge in [0.25, 0.3) is 35.4 Å². The molecular weight excluding hydrogens is 991 g/mol. The fraction of sp³-hybridized carbons (Fsp3) is 0.698. The molecule has 10 unspecified atom stereocenters. The third-order valence-corrected chi connectivity index (χ3v) is 13.8. The molecule has 26 nitrogen and oxygen atoms in total. The third-order valence-electron chi connectivity index (χ3n) is 11.1. The van der Waals surface area contributed by atoms with Gasteiger partial charge in [0, 0.05) is 89.6 Å². The van der Waals surface area contributed by atoms with E-state index in [1.807, 2.05) is 27.7 Å². The summed E-state index contributed by atoms with van der Waals surface area (Å²) in [6.07, 6.45) is -3.88. The van der Waals surface area contributed by atoms with E-state index in [2.05, 4.69) is 9.68 Å². The lowest BCUT2D eigenvalue weighted by Gasteiger charge is -2.43. The van der Waals surface area contributed by atoms with Crippen molar-refractivity contribution in [2.45, 2.75) is 142 Å². The van der Waals surface area contributed by atoms with Gasteiger partial charge in [0.1, 0.15) is 48.5 Å². The Morgan fingerprint density at radius 1 is 0.507 bits per heavy atom. The van der Waals surface area contributed by atoms with Gasteiger partial charge in [-0.25, -0.2) is 4.79 Å². The molecule has 5 fully saturated rings. The van der Waals surface area contributed by atoms with Crippen molar-refractivity contribution in [3.63, 3.8) is 0 Å². The van der Waals surface area contributed by atoms with E-state index in [-0.39, 0.29) is 109 Å². The number of carbonyl (C=O) groups is 13. The SMILES string of the molecule is CC(=O)OCC1OC(SCCC(=O)O)C(C)C(C)C1OC(C)=O.CC(=O)OCC1OC(SCCC(=O)ON2C(=O)CCC2=O)C(C)C(C)C1OC(C)=O.O=C(ON1C(=O)CCC1=O)ON1C(=O)CCC1=O. The molecule has 5 heterocycles. The zero-order chi connectivity index (χ0) is 53.3. The van der Waals surface area contributed by atoms with Gasteiger partial charge in [0.05, 0.1) is 12.8 Å². The van der Waals surface area contributed by atoms with Crippen LogP contribution < -0.4 is 0 Å². The van der Waals surface area contributed by atoms with Crippen molar-refractivity contribution in [2.75, 3.05) is 24.7 Å². The number of carbonyl (C=O) groups excluding carboxylic acids is 12. The minimum atomic E-state index is -1.48. The van der Waals surface area contributed by atoms with Crippen molar-refractivity contribution in [1.82, 2.24) is 15.2 Å². The number of thioether (sulfide) groups is 2. The van der Waals surface area contributed by atoms with Gasteiger partial charge in [-0.05, 0) is 11.8 Å². The molecule has 0 saturated carbocycles. The highest BCUT2D eigenvalue weighted by atomic mass is 32.2. The predicted molar refractivity (Wildman–Crippen MR) is 237 cm³/mol. The Bertz CT molecular complexity index is 1950. The molecule has 10 atom stereocenters. The maximum absolute atomic E-state index is 12.0. The quantitative estimate of drug-likeness (QED) is 0.124. The smallest absolute Gasteiger partial charge is 0.481 e. The molecule has 28 heteroatoms. The average Bonchev–Trinajstić information content (AvgIpc) is 3.90. The Kier molecular flexibility index (Phi) is 23.6. The van der Waals surface area contributed by atoms with E-state index in [0.717, 1.165) is 0 Å². The number of carboxylic acid groups (broad SMARTS) is 1. The molecule has 396 valence electrons. The number of hydroxylamine groups is 6. The Morgan fingerprint density at radius 2 is 0.831 bits per heavy atom. The minimum Gasteiger partial charge on any atom is -0.481 e. The second-order valence-electron chi connectivity index (χ2n) is 16.6. The van der Waals surface area contributed by atoms with Gasteiger partial charge in [0.15, 0.2) is 0 Å². The zero-order valence-corrected chi connectivity index (χ0v) is 42.0. The molecule has 0 aromatic rings. The first kappa shape index (κ1) is 59.4. The molecule has 5 saturated heterocycles. The molecule has 5 aliphatic rings. The van der Waals surface area contributed by atoms with Crippen molar-refractivity contribution in [1.29, 1.82) is 0 Å². The summed E-state index contributed by atoms with van der Waals surface area (Å²) in [7, 11) is 0. The maximum Gasteiger partial charge on any atom is 0.560 e. The van der Waals surface area contributed by atoms with Crippen molar-refractivity contribution < 1.29 is 110 Å². The third kappa shape index (κ3) is 18.7. The number of imide groups is 3. The van der Waals surface area contributed by atoms with E-state index in [1.54, 1.807) is 0 Å². The largest absolute Gasteiger partial charge is 0.560 e. The zero-order valence-electron chi connectivity index (χ0n) is 40.3. The summed E-state index contributed by atoms with van der Waals surface area (Å²) in [6, 6.07) is 0. The number of ether oxygens (including phenoxy) is 6. The number of carboxylic acids is 1. The van der Waals surface area contributed by atoms with Gasteiger partial charge in [-0.2, -0.15) is 4.79 Å². The minimum absolute atomic E-state index is 0.000328. The first-order valence-electron chi connectivity index (χ1n) is 22.4. The van der Waals surface area contributed by atoms with Crippen LogP contribution in [0.5, 0.6) is 0 Å².